The molecule has 0 aliphatic rings. The number of non-ortho nitro benzene ring substituents is 1. The van der Waals surface area contributed by atoms with Gasteiger partial charge in [0.25, 0.3) is 5.69 Å². The third kappa shape index (κ3) is 3.85. The van der Waals surface area contributed by atoms with Crippen molar-refractivity contribution in [2.24, 2.45) is 10.9 Å². The number of H-pyrrole nitrogens is 1. The van der Waals surface area contributed by atoms with Crippen molar-refractivity contribution >= 4 is 17.5 Å². The van der Waals surface area contributed by atoms with Gasteiger partial charge in [-0.2, -0.15) is 18.3 Å². The molecule has 0 amide bonds. The van der Waals surface area contributed by atoms with Gasteiger partial charge in [0.1, 0.15) is 5.69 Å². The number of carbonyl (C=O) groups excluding carboxylic acids is 1. The van der Waals surface area contributed by atoms with Crippen LogP contribution >= 0.6 is 0 Å². The smallest absolute Gasteiger partial charge is 0.380 e. The SMILES string of the molecule is N/C(=N\OC(=O)c1cc(C(F)(F)F)[nH]n1)c1ccc([N+](=O)[O-])cc1. The molecule has 0 spiro atoms. The lowest BCUT2D eigenvalue weighted by Gasteiger charge is -2.00. The van der Waals surface area contributed by atoms with Gasteiger partial charge in [0.05, 0.1) is 4.92 Å². The van der Waals surface area contributed by atoms with Crippen molar-refractivity contribution < 1.29 is 27.7 Å². The molecule has 0 aliphatic carbocycles. The first-order valence-electron chi connectivity index (χ1n) is 6.10. The van der Waals surface area contributed by atoms with Crippen LogP contribution in [-0.4, -0.2) is 26.9 Å². The monoisotopic (exact) mass is 343 g/mol. The van der Waals surface area contributed by atoms with Crippen molar-refractivity contribution in [3.8, 4) is 0 Å². The molecule has 2 aromatic rings. The zero-order chi connectivity index (χ0) is 17.9. The molecule has 1 aromatic carbocycles. The van der Waals surface area contributed by atoms with Crippen molar-refractivity contribution in [2.45, 2.75) is 6.18 Å². The van der Waals surface area contributed by atoms with Crippen molar-refractivity contribution in [3.05, 3.63) is 57.4 Å². The Hall–Kier alpha value is -3.44. The minimum absolute atomic E-state index is 0.181. The second-order valence-corrected chi connectivity index (χ2v) is 4.32. The van der Waals surface area contributed by atoms with E-state index in [0.717, 1.165) is 12.1 Å². The number of rotatable bonds is 4. The van der Waals surface area contributed by atoms with Gasteiger partial charge in [-0.05, 0) is 12.1 Å². The van der Waals surface area contributed by atoms with Crippen LogP contribution < -0.4 is 5.73 Å². The summed E-state index contributed by atoms with van der Waals surface area (Å²) in [5, 5.41) is 18.6. The van der Waals surface area contributed by atoms with Crippen molar-refractivity contribution in [1.29, 1.82) is 0 Å². The fourth-order valence-electron chi connectivity index (χ4n) is 1.52. The molecule has 0 unspecified atom stereocenters. The van der Waals surface area contributed by atoms with E-state index in [1.165, 1.54) is 12.1 Å². The van der Waals surface area contributed by atoms with E-state index in [1.54, 1.807) is 5.10 Å². The Morgan fingerprint density at radius 3 is 2.46 bits per heavy atom. The molecule has 3 N–H and O–H groups in total. The molecule has 0 bridgehead atoms. The zero-order valence-electron chi connectivity index (χ0n) is 11.6. The van der Waals surface area contributed by atoms with Crippen LogP contribution in [0.5, 0.6) is 0 Å². The Kier molecular flexibility index (Phi) is 4.48. The van der Waals surface area contributed by atoms with Crippen LogP contribution in [0.3, 0.4) is 0 Å². The number of benzene rings is 1. The number of carbonyl (C=O) groups is 1. The molecule has 0 aliphatic heterocycles. The molecule has 24 heavy (non-hydrogen) atoms. The molecule has 0 atom stereocenters. The second kappa shape index (κ2) is 6.36. The van der Waals surface area contributed by atoms with Crippen LogP contribution in [-0.2, 0) is 11.0 Å². The first kappa shape index (κ1) is 16.9. The Morgan fingerprint density at radius 1 is 1.33 bits per heavy atom. The summed E-state index contributed by atoms with van der Waals surface area (Å²) in [6, 6.07) is 5.30. The van der Waals surface area contributed by atoms with Crippen molar-refractivity contribution in [3.63, 3.8) is 0 Å². The van der Waals surface area contributed by atoms with Gasteiger partial charge in [-0.1, -0.05) is 5.16 Å². The largest absolute Gasteiger partial charge is 0.432 e. The molecule has 0 saturated heterocycles. The van der Waals surface area contributed by atoms with Gasteiger partial charge in [0.2, 0.25) is 0 Å². The Bertz CT molecular complexity index is 798. The summed E-state index contributed by atoms with van der Waals surface area (Å²) < 4.78 is 37.1. The summed E-state index contributed by atoms with van der Waals surface area (Å²) >= 11 is 0. The molecule has 1 heterocycles. The number of nitrogens with zero attached hydrogens (tertiary/aromatic N) is 3. The number of nitrogens with two attached hydrogens (primary N) is 1. The van der Waals surface area contributed by atoms with Crippen LogP contribution in [0, 0.1) is 10.1 Å². The minimum Gasteiger partial charge on any atom is -0.380 e. The molecule has 1 aromatic heterocycles. The Morgan fingerprint density at radius 2 is 1.96 bits per heavy atom. The quantitative estimate of drug-likeness (QED) is 0.286. The number of amidine groups is 1. The predicted molar refractivity (Wildman–Crippen MR) is 72.8 cm³/mol. The van der Waals surface area contributed by atoms with Gasteiger partial charge < -0.3 is 10.6 Å². The van der Waals surface area contributed by atoms with Crippen LogP contribution in [0.1, 0.15) is 21.7 Å². The van der Waals surface area contributed by atoms with Gasteiger partial charge in [-0.15, -0.1) is 0 Å². The first-order chi connectivity index (χ1) is 11.2. The number of alkyl halides is 3. The van der Waals surface area contributed by atoms with E-state index in [2.05, 4.69) is 15.1 Å². The van der Waals surface area contributed by atoms with E-state index in [-0.39, 0.29) is 17.1 Å². The fraction of sp³-hybridized carbons (Fsp3) is 0.0833. The van der Waals surface area contributed by atoms with Crippen LogP contribution in [0.15, 0.2) is 35.5 Å². The fourth-order valence-corrected chi connectivity index (χ4v) is 1.52. The summed E-state index contributed by atoms with van der Waals surface area (Å²) in [6.45, 7) is 0. The van der Waals surface area contributed by atoms with E-state index >= 15 is 0 Å². The van der Waals surface area contributed by atoms with Crippen molar-refractivity contribution in [1.82, 2.24) is 10.2 Å². The normalized spacial score (nSPS) is 12.0. The van der Waals surface area contributed by atoms with Gasteiger partial charge in [-0.3, -0.25) is 15.2 Å². The summed E-state index contributed by atoms with van der Waals surface area (Å²) in [4.78, 5) is 25.8. The maximum absolute atomic E-state index is 12.4. The number of halogens is 3. The number of hydrogen-bond donors (Lipinski definition) is 2. The van der Waals surface area contributed by atoms with Gasteiger partial charge >= 0.3 is 12.1 Å². The zero-order valence-corrected chi connectivity index (χ0v) is 11.6. The predicted octanol–water partition coefficient (Wildman–Crippen LogP) is 1.81. The average Bonchev–Trinajstić information content (AvgIpc) is 3.02. The van der Waals surface area contributed by atoms with E-state index < -0.39 is 28.5 Å². The maximum atomic E-state index is 12.4. The summed E-state index contributed by atoms with van der Waals surface area (Å²) in [7, 11) is 0. The first-order valence-corrected chi connectivity index (χ1v) is 6.10. The lowest BCUT2D eigenvalue weighted by molar-refractivity contribution is -0.384. The van der Waals surface area contributed by atoms with Crippen LogP contribution in [0.25, 0.3) is 0 Å². The highest BCUT2D eigenvalue weighted by atomic mass is 19.4. The highest BCUT2D eigenvalue weighted by Crippen LogP contribution is 2.27. The van der Waals surface area contributed by atoms with Crippen molar-refractivity contribution in [2.75, 3.05) is 0 Å². The minimum atomic E-state index is -4.69. The number of nitro benzene ring substituents is 1. The lowest BCUT2D eigenvalue weighted by atomic mass is 10.2. The van der Waals surface area contributed by atoms with E-state index in [1.807, 2.05) is 0 Å². The summed E-state index contributed by atoms with van der Waals surface area (Å²) in [6.07, 6.45) is -4.69. The number of nitrogens with one attached hydrogen (secondary N) is 1. The molecule has 0 saturated carbocycles. The maximum Gasteiger partial charge on any atom is 0.432 e. The number of aromatic nitrogens is 2. The van der Waals surface area contributed by atoms with E-state index in [4.69, 9.17) is 5.73 Å². The van der Waals surface area contributed by atoms with Gasteiger partial charge in [-0.25, -0.2) is 4.79 Å². The third-order valence-corrected chi connectivity index (χ3v) is 2.69. The number of hydrogen-bond acceptors (Lipinski definition) is 6. The lowest BCUT2D eigenvalue weighted by Crippen LogP contribution is -2.15. The third-order valence-electron chi connectivity index (χ3n) is 2.69. The molecule has 126 valence electrons. The Balaban J connectivity index is 2.07. The molecule has 9 nitrogen and oxygen atoms in total. The topological polar surface area (TPSA) is 136 Å². The molecular weight excluding hydrogens is 335 g/mol. The average molecular weight is 343 g/mol. The second-order valence-electron chi connectivity index (χ2n) is 4.32. The van der Waals surface area contributed by atoms with Crippen LogP contribution in [0.4, 0.5) is 18.9 Å². The standard InChI is InChI=1S/C12H8F3N5O4/c13-12(14,15)9-5-8(17-18-9)11(21)24-19-10(16)6-1-3-7(4-2-6)20(22)23/h1-5H,(H2,16,19)(H,17,18). The molecule has 12 heteroatoms. The summed E-state index contributed by atoms with van der Waals surface area (Å²) in [5.41, 5.74) is 3.69. The molecule has 2 rings (SSSR count). The summed E-state index contributed by atoms with van der Waals surface area (Å²) in [5.74, 6) is -1.56. The molecule has 0 fully saturated rings. The highest BCUT2D eigenvalue weighted by Gasteiger charge is 2.34. The molecule has 0 radical (unpaired) electrons. The van der Waals surface area contributed by atoms with Gasteiger partial charge in [0.15, 0.2) is 11.5 Å². The highest BCUT2D eigenvalue weighted by molar-refractivity contribution is 5.98. The van der Waals surface area contributed by atoms with E-state index in [9.17, 15) is 28.1 Å². The van der Waals surface area contributed by atoms with E-state index in [0.29, 0.717) is 6.07 Å². The number of nitro groups is 1. The number of aromatic amines is 1. The van der Waals surface area contributed by atoms with Gasteiger partial charge in [0, 0.05) is 23.8 Å². The molecular formula is C12H8F3N5O4. The Labute approximate surface area is 131 Å². The number of oxime groups is 1. The van der Waals surface area contributed by atoms with Crippen LogP contribution in [0.2, 0.25) is 0 Å².